The number of fused-ring (bicyclic) bond motifs is 2. The van der Waals surface area contributed by atoms with Crippen LogP contribution in [0.15, 0.2) is 35.3 Å². The minimum absolute atomic E-state index is 0.166. The lowest BCUT2D eigenvalue weighted by molar-refractivity contribution is 0.148. The van der Waals surface area contributed by atoms with E-state index in [1.54, 1.807) is 0 Å². The van der Waals surface area contributed by atoms with Crippen molar-refractivity contribution in [1.82, 2.24) is 4.57 Å². The van der Waals surface area contributed by atoms with Crippen LogP contribution in [-0.2, 0) is 5.54 Å². The highest BCUT2D eigenvalue weighted by atomic mass is 16.1. The fourth-order valence-electron chi connectivity index (χ4n) is 3.94. The summed E-state index contributed by atoms with van der Waals surface area (Å²) in [4.78, 5) is 12.7. The molecular weight excluding hydrogens is 222 g/mol. The van der Waals surface area contributed by atoms with Gasteiger partial charge in [-0.05, 0) is 56.0 Å². The zero-order valence-electron chi connectivity index (χ0n) is 10.6. The van der Waals surface area contributed by atoms with Gasteiger partial charge in [-0.2, -0.15) is 0 Å². The molecule has 0 unspecified atom stereocenters. The molecule has 5 rings (SSSR count). The molecule has 2 heteroatoms. The van der Waals surface area contributed by atoms with E-state index in [1.165, 1.54) is 25.7 Å². The summed E-state index contributed by atoms with van der Waals surface area (Å²) in [7, 11) is 0. The maximum atomic E-state index is 12.7. The standard InChI is InChI=1S/C16H17NO/c1-11-2-3-13-5-7-17(15(18)14(13)8-11)16-6-4-12(9-16)10-16/h2-3,5,7-8,12H,4,6,9-10H2,1H3. The van der Waals surface area contributed by atoms with Crippen LogP contribution in [0.4, 0.5) is 0 Å². The summed E-state index contributed by atoms with van der Waals surface area (Å²) in [6.07, 6.45) is 6.93. The van der Waals surface area contributed by atoms with E-state index in [-0.39, 0.29) is 11.1 Å². The fraction of sp³-hybridized carbons (Fsp3) is 0.438. The Bertz CT molecular complexity index is 686. The number of aryl methyl sites for hydroxylation is 1. The van der Waals surface area contributed by atoms with Crippen LogP contribution in [0.5, 0.6) is 0 Å². The first-order chi connectivity index (χ1) is 8.68. The minimum Gasteiger partial charge on any atom is -0.309 e. The number of hydrogen-bond acceptors (Lipinski definition) is 1. The van der Waals surface area contributed by atoms with E-state index < -0.39 is 0 Å². The highest BCUT2D eigenvalue weighted by molar-refractivity contribution is 5.82. The Morgan fingerprint density at radius 1 is 1.28 bits per heavy atom. The van der Waals surface area contributed by atoms with Crippen molar-refractivity contribution in [3.63, 3.8) is 0 Å². The quantitative estimate of drug-likeness (QED) is 0.749. The smallest absolute Gasteiger partial charge is 0.258 e. The molecule has 0 saturated heterocycles. The van der Waals surface area contributed by atoms with Crippen LogP contribution in [-0.4, -0.2) is 4.57 Å². The highest BCUT2D eigenvalue weighted by Gasteiger charge is 2.51. The van der Waals surface area contributed by atoms with Gasteiger partial charge in [-0.1, -0.05) is 17.7 Å². The molecule has 3 aliphatic rings. The first-order valence-electron chi connectivity index (χ1n) is 6.80. The average molecular weight is 239 g/mol. The van der Waals surface area contributed by atoms with Crippen molar-refractivity contribution in [2.45, 2.75) is 38.1 Å². The summed E-state index contributed by atoms with van der Waals surface area (Å²) in [5, 5.41) is 1.94. The Labute approximate surface area is 106 Å². The second kappa shape index (κ2) is 3.25. The molecule has 0 N–H and O–H groups in total. The molecule has 18 heavy (non-hydrogen) atoms. The van der Waals surface area contributed by atoms with Crippen molar-refractivity contribution < 1.29 is 0 Å². The van der Waals surface area contributed by atoms with Crippen molar-refractivity contribution in [2.75, 3.05) is 0 Å². The van der Waals surface area contributed by atoms with Gasteiger partial charge in [0.2, 0.25) is 0 Å². The van der Waals surface area contributed by atoms with Gasteiger partial charge in [-0.3, -0.25) is 4.79 Å². The number of nitrogens with zero attached hydrogens (tertiary/aromatic N) is 1. The van der Waals surface area contributed by atoms with Crippen molar-refractivity contribution in [3.05, 3.63) is 46.4 Å². The van der Waals surface area contributed by atoms with Crippen LogP contribution in [0.1, 0.15) is 31.2 Å². The third-order valence-corrected chi connectivity index (χ3v) is 4.93. The molecule has 0 atom stereocenters. The molecule has 2 aromatic rings. The van der Waals surface area contributed by atoms with E-state index in [0.717, 1.165) is 22.3 Å². The van der Waals surface area contributed by atoms with E-state index in [0.29, 0.717) is 0 Å². The maximum Gasteiger partial charge on any atom is 0.258 e. The molecule has 0 aliphatic heterocycles. The molecule has 3 aliphatic carbocycles. The van der Waals surface area contributed by atoms with Gasteiger partial charge in [0, 0.05) is 17.1 Å². The fourth-order valence-corrected chi connectivity index (χ4v) is 3.94. The van der Waals surface area contributed by atoms with Crippen LogP contribution < -0.4 is 5.56 Å². The Morgan fingerprint density at radius 3 is 2.83 bits per heavy atom. The Kier molecular flexibility index (Phi) is 1.87. The van der Waals surface area contributed by atoms with Crippen molar-refractivity contribution in [3.8, 4) is 0 Å². The summed E-state index contributed by atoms with van der Waals surface area (Å²) in [5.41, 5.74) is 1.53. The summed E-state index contributed by atoms with van der Waals surface area (Å²) < 4.78 is 2.03. The Balaban J connectivity index is 1.97. The second-order valence-corrected chi connectivity index (χ2v) is 6.12. The van der Waals surface area contributed by atoms with Crippen molar-refractivity contribution in [1.29, 1.82) is 0 Å². The lowest BCUT2D eigenvalue weighted by Gasteiger charge is -2.40. The highest BCUT2D eigenvalue weighted by Crippen LogP contribution is 2.56. The van der Waals surface area contributed by atoms with Crippen LogP contribution >= 0.6 is 0 Å². The van der Waals surface area contributed by atoms with Crippen LogP contribution in [0.3, 0.4) is 0 Å². The first-order valence-corrected chi connectivity index (χ1v) is 6.80. The van der Waals surface area contributed by atoms with E-state index in [9.17, 15) is 4.79 Å². The van der Waals surface area contributed by atoms with Gasteiger partial charge in [-0.15, -0.1) is 0 Å². The predicted octanol–water partition coefficient (Wildman–Crippen LogP) is 3.21. The van der Waals surface area contributed by atoms with Gasteiger partial charge in [0.05, 0.1) is 0 Å². The average Bonchev–Trinajstić information content (AvgIpc) is 2.90. The van der Waals surface area contributed by atoms with Crippen LogP contribution in [0.25, 0.3) is 10.8 Å². The zero-order chi connectivity index (χ0) is 12.3. The summed E-state index contributed by atoms with van der Waals surface area (Å²) >= 11 is 0. The number of benzene rings is 1. The molecule has 1 aromatic heterocycles. The Hall–Kier alpha value is -1.57. The lowest BCUT2D eigenvalue weighted by Crippen LogP contribution is -2.44. The van der Waals surface area contributed by atoms with E-state index in [1.807, 2.05) is 29.8 Å². The predicted molar refractivity (Wildman–Crippen MR) is 72.9 cm³/mol. The van der Waals surface area contributed by atoms with Gasteiger partial charge in [-0.25, -0.2) is 0 Å². The topological polar surface area (TPSA) is 22.0 Å². The molecule has 0 spiro atoms. The van der Waals surface area contributed by atoms with Crippen LogP contribution in [0, 0.1) is 12.8 Å². The molecule has 0 radical (unpaired) electrons. The van der Waals surface area contributed by atoms with Gasteiger partial charge in [0.1, 0.15) is 0 Å². The van der Waals surface area contributed by atoms with Gasteiger partial charge < -0.3 is 4.57 Å². The molecule has 2 bridgehead atoms. The largest absolute Gasteiger partial charge is 0.309 e. The van der Waals surface area contributed by atoms with Crippen molar-refractivity contribution >= 4 is 10.8 Å². The molecule has 3 saturated carbocycles. The normalized spacial score (nSPS) is 29.5. The van der Waals surface area contributed by atoms with Gasteiger partial charge in [0.15, 0.2) is 0 Å². The summed E-state index contributed by atoms with van der Waals surface area (Å²) in [6, 6.07) is 8.23. The summed E-state index contributed by atoms with van der Waals surface area (Å²) in [5.74, 6) is 0.880. The molecule has 1 aromatic carbocycles. The molecule has 2 nitrogen and oxygen atoms in total. The molecule has 3 fully saturated rings. The zero-order valence-corrected chi connectivity index (χ0v) is 10.6. The first kappa shape index (κ1) is 10.4. The molecule has 1 heterocycles. The second-order valence-electron chi connectivity index (χ2n) is 6.12. The van der Waals surface area contributed by atoms with Crippen molar-refractivity contribution in [2.24, 2.45) is 5.92 Å². The van der Waals surface area contributed by atoms with Gasteiger partial charge >= 0.3 is 0 Å². The third kappa shape index (κ3) is 1.21. The lowest BCUT2D eigenvalue weighted by atomic mass is 9.76. The van der Waals surface area contributed by atoms with Crippen LogP contribution in [0.2, 0.25) is 0 Å². The van der Waals surface area contributed by atoms with E-state index in [2.05, 4.69) is 12.1 Å². The summed E-state index contributed by atoms with van der Waals surface area (Å²) in [6.45, 7) is 2.05. The number of hydrogen-bond donors (Lipinski definition) is 0. The maximum absolute atomic E-state index is 12.7. The number of rotatable bonds is 1. The SMILES string of the molecule is Cc1ccc2ccn(C34CCC(C3)C4)c(=O)c2c1. The third-order valence-electron chi connectivity index (χ3n) is 4.93. The van der Waals surface area contributed by atoms with E-state index >= 15 is 0 Å². The molecular formula is C16H17NO. The minimum atomic E-state index is 0.166. The number of aromatic nitrogens is 1. The monoisotopic (exact) mass is 239 g/mol. The van der Waals surface area contributed by atoms with Gasteiger partial charge in [0.25, 0.3) is 5.56 Å². The van der Waals surface area contributed by atoms with E-state index in [4.69, 9.17) is 0 Å². The Morgan fingerprint density at radius 2 is 2.11 bits per heavy atom. The molecule has 0 amide bonds. The molecule has 92 valence electrons. The number of pyridine rings is 1.